The molecule has 2 aromatic carbocycles. The number of hydrogen-bond acceptors (Lipinski definition) is 5. The lowest BCUT2D eigenvalue weighted by molar-refractivity contribution is 0.102. The molecule has 0 saturated carbocycles. The second-order valence-electron chi connectivity index (χ2n) is 5.69. The molecule has 0 radical (unpaired) electrons. The highest BCUT2D eigenvalue weighted by atomic mass is 32.1. The topological polar surface area (TPSA) is 60.5 Å². The lowest BCUT2D eigenvalue weighted by atomic mass is 10.1. The Morgan fingerprint density at radius 1 is 1.12 bits per heavy atom. The van der Waals surface area contributed by atoms with Crippen molar-refractivity contribution in [3.8, 4) is 22.1 Å². The molecule has 0 unspecified atom stereocenters. The van der Waals surface area contributed by atoms with Gasteiger partial charge >= 0.3 is 0 Å². The molecular weight excluding hydrogens is 336 g/mol. The fourth-order valence-electron chi connectivity index (χ4n) is 2.60. The Hall–Kier alpha value is -2.86. The van der Waals surface area contributed by atoms with Crippen molar-refractivity contribution in [2.45, 2.75) is 6.92 Å². The normalized spacial score (nSPS) is 12.7. The molecule has 2 heterocycles. The number of hydrogen-bond donors (Lipinski definition) is 1. The number of nitrogens with zero attached hydrogens (tertiary/aromatic N) is 1. The van der Waals surface area contributed by atoms with Crippen LogP contribution in [0.2, 0.25) is 0 Å². The Morgan fingerprint density at radius 2 is 1.96 bits per heavy atom. The number of anilines is 1. The number of aryl methyl sites for hydroxylation is 1. The molecule has 0 fully saturated rings. The second kappa shape index (κ2) is 6.57. The van der Waals surface area contributed by atoms with Crippen LogP contribution >= 0.6 is 11.3 Å². The molecule has 4 rings (SSSR count). The minimum absolute atomic E-state index is 0.174. The molecule has 1 amide bonds. The van der Waals surface area contributed by atoms with Gasteiger partial charge in [0.05, 0.1) is 0 Å². The van der Waals surface area contributed by atoms with Gasteiger partial charge in [0.1, 0.15) is 18.2 Å². The Labute approximate surface area is 149 Å². The lowest BCUT2D eigenvalue weighted by Crippen LogP contribution is -2.16. The summed E-state index contributed by atoms with van der Waals surface area (Å²) >= 11 is 1.57. The summed E-state index contributed by atoms with van der Waals surface area (Å²) in [5.74, 6) is 1.17. The van der Waals surface area contributed by atoms with Gasteiger partial charge in [-0.15, -0.1) is 11.3 Å². The molecule has 1 aromatic heterocycles. The summed E-state index contributed by atoms with van der Waals surface area (Å²) in [5, 5.41) is 5.81. The fraction of sp³-hybridized carbons (Fsp3) is 0.158. The summed E-state index contributed by atoms with van der Waals surface area (Å²) in [6.07, 6.45) is 0. The molecule has 6 heteroatoms. The van der Waals surface area contributed by atoms with E-state index in [0.29, 0.717) is 36.0 Å². The van der Waals surface area contributed by atoms with Crippen LogP contribution in [0.25, 0.3) is 10.6 Å². The molecule has 1 aliphatic heterocycles. The lowest BCUT2D eigenvalue weighted by Gasteiger charge is -2.19. The summed E-state index contributed by atoms with van der Waals surface area (Å²) in [4.78, 5) is 17.0. The van der Waals surface area contributed by atoms with Crippen molar-refractivity contribution in [3.05, 3.63) is 59.1 Å². The van der Waals surface area contributed by atoms with E-state index in [9.17, 15) is 4.79 Å². The zero-order chi connectivity index (χ0) is 17.2. The maximum Gasteiger partial charge on any atom is 0.255 e. The van der Waals surface area contributed by atoms with Crippen molar-refractivity contribution >= 4 is 22.9 Å². The summed E-state index contributed by atoms with van der Waals surface area (Å²) in [7, 11) is 0. The van der Waals surface area contributed by atoms with Gasteiger partial charge in [0.2, 0.25) is 0 Å². The van der Waals surface area contributed by atoms with E-state index in [-0.39, 0.29) is 5.91 Å². The first-order chi connectivity index (χ1) is 12.2. The largest absolute Gasteiger partial charge is 0.486 e. The molecule has 126 valence electrons. The molecule has 1 N–H and O–H groups in total. The predicted molar refractivity (Wildman–Crippen MR) is 97.7 cm³/mol. The van der Waals surface area contributed by atoms with Crippen LogP contribution < -0.4 is 14.8 Å². The number of fused-ring (bicyclic) bond motifs is 1. The Morgan fingerprint density at radius 3 is 2.76 bits per heavy atom. The van der Waals surface area contributed by atoms with Gasteiger partial charge in [-0.1, -0.05) is 12.1 Å². The number of carbonyl (C=O) groups excluding carboxylic acids is 1. The highest BCUT2D eigenvalue weighted by Crippen LogP contribution is 2.33. The fourth-order valence-corrected chi connectivity index (χ4v) is 3.40. The maximum atomic E-state index is 12.6. The van der Waals surface area contributed by atoms with Crippen LogP contribution in [0, 0.1) is 6.92 Å². The Balaban J connectivity index is 1.55. The number of rotatable bonds is 3. The zero-order valence-corrected chi connectivity index (χ0v) is 14.4. The van der Waals surface area contributed by atoms with E-state index in [1.54, 1.807) is 35.6 Å². The van der Waals surface area contributed by atoms with E-state index in [2.05, 4.69) is 10.3 Å². The standard InChI is InChI=1S/C19H16N2O3S/c1-12-11-25-19(20-12)14-4-2-3-13(9-14)18(22)21-15-5-6-16-17(10-15)24-8-7-23-16/h2-6,9-11H,7-8H2,1H3,(H,21,22). The maximum absolute atomic E-state index is 12.6. The van der Waals surface area contributed by atoms with Crippen LogP contribution in [0.15, 0.2) is 47.8 Å². The SMILES string of the molecule is Cc1csc(-c2cccc(C(=O)Nc3ccc4c(c3)OCCO4)c2)n1. The average Bonchev–Trinajstić information content (AvgIpc) is 3.08. The molecule has 0 saturated heterocycles. The van der Waals surface area contributed by atoms with Crippen molar-refractivity contribution in [1.82, 2.24) is 4.98 Å². The molecular formula is C19H16N2O3S. The van der Waals surface area contributed by atoms with Crippen LogP contribution in [0.5, 0.6) is 11.5 Å². The smallest absolute Gasteiger partial charge is 0.255 e. The molecule has 25 heavy (non-hydrogen) atoms. The Kier molecular flexibility index (Phi) is 4.11. The molecule has 0 spiro atoms. The average molecular weight is 352 g/mol. The van der Waals surface area contributed by atoms with Gasteiger partial charge in [0, 0.05) is 34.0 Å². The first-order valence-electron chi connectivity index (χ1n) is 7.92. The third kappa shape index (κ3) is 3.34. The van der Waals surface area contributed by atoms with Crippen LogP contribution in [-0.2, 0) is 0 Å². The van der Waals surface area contributed by atoms with Crippen molar-refractivity contribution in [2.75, 3.05) is 18.5 Å². The Bertz CT molecular complexity index is 936. The molecule has 1 aliphatic rings. The number of nitrogens with one attached hydrogen (secondary N) is 1. The number of aromatic nitrogens is 1. The van der Waals surface area contributed by atoms with Gasteiger partial charge in [0.25, 0.3) is 5.91 Å². The number of ether oxygens (including phenoxy) is 2. The number of thiazole rings is 1. The predicted octanol–water partition coefficient (Wildman–Crippen LogP) is 4.14. The number of amides is 1. The molecule has 5 nitrogen and oxygen atoms in total. The highest BCUT2D eigenvalue weighted by molar-refractivity contribution is 7.13. The van der Waals surface area contributed by atoms with E-state index in [1.807, 2.05) is 30.5 Å². The van der Waals surface area contributed by atoms with Crippen LogP contribution in [0.3, 0.4) is 0 Å². The monoisotopic (exact) mass is 352 g/mol. The van der Waals surface area contributed by atoms with E-state index < -0.39 is 0 Å². The van der Waals surface area contributed by atoms with Gasteiger partial charge in [0.15, 0.2) is 11.5 Å². The van der Waals surface area contributed by atoms with Gasteiger partial charge in [-0.2, -0.15) is 0 Å². The van der Waals surface area contributed by atoms with Crippen LogP contribution in [-0.4, -0.2) is 24.1 Å². The van der Waals surface area contributed by atoms with Crippen molar-refractivity contribution in [1.29, 1.82) is 0 Å². The van der Waals surface area contributed by atoms with Gasteiger partial charge in [-0.05, 0) is 31.2 Å². The number of carbonyl (C=O) groups is 1. The minimum Gasteiger partial charge on any atom is -0.486 e. The molecule has 3 aromatic rings. The van der Waals surface area contributed by atoms with Crippen molar-refractivity contribution < 1.29 is 14.3 Å². The quantitative estimate of drug-likeness (QED) is 0.769. The van der Waals surface area contributed by atoms with E-state index in [4.69, 9.17) is 9.47 Å². The van der Waals surface area contributed by atoms with Gasteiger partial charge in [-0.3, -0.25) is 4.79 Å². The summed E-state index contributed by atoms with van der Waals surface area (Å²) in [6.45, 7) is 3.01. The molecule has 0 aliphatic carbocycles. The van der Waals surface area contributed by atoms with E-state index >= 15 is 0 Å². The minimum atomic E-state index is -0.174. The summed E-state index contributed by atoms with van der Waals surface area (Å²) in [6, 6.07) is 12.9. The number of benzene rings is 2. The van der Waals surface area contributed by atoms with Crippen molar-refractivity contribution in [2.24, 2.45) is 0 Å². The van der Waals surface area contributed by atoms with Crippen LogP contribution in [0.4, 0.5) is 5.69 Å². The van der Waals surface area contributed by atoms with E-state index in [1.165, 1.54) is 0 Å². The summed E-state index contributed by atoms with van der Waals surface area (Å²) in [5.41, 5.74) is 3.17. The molecule has 0 bridgehead atoms. The molecule has 0 atom stereocenters. The first kappa shape index (κ1) is 15.7. The highest BCUT2D eigenvalue weighted by Gasteiger charge is 2.14. The van der Waals surface area contributed by atoms with Crippen molar-refractivity contribution in [3.63, 3.8) is 0 Å². The van der Waals surface area contributed by atoms with Gasteiger partial charge < -0.3 is 14.8 Å². The van der Waals surface area contributed by atoms with E-state index in [0.717, 1.165) is 16.3 Å². The zero-order valence-electron chi connectivity index (χ0n) is 13.6. The van der Waals surface area contributed by atoms with Gasteiger partial charge in [-0.25, -0.2) is 4.98 Å². The summed E-state index contributed by atoms with van der Waals surface area (Å²) < 4.78 is 11.0. The van der Waals surface area contributed by atoms with Crippen LogP contribution in [0.1, 0.15) is 16.1 Å². The second-order valence-corrected chi connectivity index (χ2v) is 6.55. The third-order valence-corrected chi connectivity index (χ3v) is 4.80. The third-order valence-electron chi connectivity index (χ3n) is 3.79. The first-order valence-corrected chi connectivity index (χ1v) is 8.80.